The molecule has 2 N–H and O–H groups in total. The van der Waals surface area contributed by atoms with E-state index in [1.54, 1.807) is 12.1 Å². The first-order chi connectivity index (χ1) is 8.29. The normalized spacial score (nSPS) is 16.9. The summed E-state index contributed by atoms with van der Waals surface area (Å²) in [6, 6.07) is 6.81. The first-order valence-electron chi connectivity index (χ1n) is 6.55. The van der Waals surface area contributed by atoms with Crippen molar-refractivity contribution in [1.29, 1.82) is 0 Å². The van der Waals surface area contributed by atoms with Gasteiger partial charge in [-0.25, -0.2) is 8.78 Å². The van der Waals surface area contributed by atoms with Crippen LogP contribution in [-0.2, 0) is 12.3 Å². The van der Waals surface area contributed by atoms with E-state index >= 15 is 0 Å². The summed E-state index contributed by atoms with van der Waals surface area (Å²) in [6.45, 7) is 3.91. The molecule has 100 valence electrons. The maximum Gasteiger partial charge on any atom is 0.276 e. The van der Waals surface area contributed by atoms with E-state index in [4.69, 9.17) is 5.73 Å². The fraction of sp³-hybridized carbons (Fsp3) is 0.600. The van der Waals surface area contributed by atoms with E-state index in [2.05, 4.69) is 0 Å². The maximum atomic E-state index is 14.0. The van der Waals surface area contributed by atoms with Crippen molar-refractivity contribution in [3.05, 3.63) is 35.4 Å². The number of hydrogen-bond donors (Lipinski definition) is 1. The first kappa shape index (κ1) is 13.5. The minimum absolute atomic E-state index is 0.164. The Bertz CT molecular complexity index is 417. The van der Waals surface area contributed by atoms with Crippen LogP contribution in [-0.4, -0.2) is 5.54 Å². The van der Waals surface area contributed by atoms with Crippen LogP contribution in [0.4, 0.5) is 8.78 Å². The van der Waals surface area contributed by atoms with Gasteiger partial charge in [-0.15, -0.1) is 0 Å². The highest BCUT2D eigenvalue weighted by Crippen LogP contribution is 2.49. The van der Waals surface area contributed by atoms with E-state index in [1.165, 1.54) is 6.07 Å². The molecule has 0 aromatic heterocycles. The molecular weight excluding hydrogens is 232 g/mol. The van der Waals surface area contributed by atoms with Crippen molar-refractivity contribution >= 4 is 0 Å². The Morgan fingerprint density at radius 3 is 2.50 bits per heavy atom. The van der Waals surface area contributed by atoms with Crippen LogP contribution in [0.5, 0.6) is 0 Å². The molecule has 18 heavy (non-hydrogen) atoms. The number of rotatable bonds is 5. The molecule has 0 bridgehead atoms. The molecule has 0 saturated heterocycles. The summed E-state index contributed by atoms with van der Waals surface area (Å²) < 4.78 is 27.9. The molecule has 0 atom stereocenters. The summed E-state index contributed by atoms with van der Waals surface area (Å²) in [5.41, 5.74) is 6.78. The summed E-state index contributed by atoms with van der Waals surface area (Å²) >= 11 is 0. The van der Waals surface area contributed by atoms with Crippen LogP contribution in [0, 0.1) is 5.92 Å². The largest absolute Gasteiger partial charge is 0.326 e. The third kappa shape index (κ3) is 3.29. The molecule has 1 fully saturated rings. The molecule has 2 rings (SSSR count). The van der Waals surface area contributed by atoms with Crippen LogP contribution in [0.2, 0.25) is 0 Å². The van der Waals surface area contributed by atoms with Crippen LogP contribution in [0.3, 0.4) is 0 Å². The van der Waals surface area contributed by atoms with Crippen LogP contribution in [0.1, 0.15) is 44.2 Å². The zero-order valence-electron chi connectivity index (χ0n) is 11.0. The van der Waals surface area contributed by atoms with Crippen molar-refractivity contribution in [2.75, 3.05) is 0 Å². The fourth-order valence-corrected chi connectivity index (χ4v) is 2.08. The highest BCUT2D eigenvalue weighted by molar-refractivity contribution is 5.28. The Kier molecular flexibility index (Phi) is 3.45. The predicted molar refractivity (Wildman–Crippen MR) is 69.6 cm³/mol. The zero-order chi connectivity index (χ0) is 13.4. The number of hydrogen-bond acceptors (Lipinski definition) is 1. The number of halogens is 2. The zero-order valence-corrected chi connectivity index (χ0v) is 11.0. The lowest BCUT2D eigenvalue weighted by atomic mass is 9.94. The van der Waals surface area contributed by atoms with E-state index in [0.717, 1.165) is 18.4 Å². The minimum Gasteiger partial charge on any atom is -0.326 e. The molecular formula is C15H21F2N. The molecule has 1 nitrogen and oxygen atoms in total. The Hall–Kier alpha value is -0.960. The molecule has 1 aromatic carbocycles. The highest BCUT2D eigenvalue weighted by atomic mass is 19.3. The summed E-state index contributed by atoms with van der Waals surface area (Å²) in [6.07, 6.45) is 2.84. The number of alkyl halides is 2. The second-order valence-corrected chi connectivity index (χ2v) is 6.09. The monoisotopic (exact) mass is 253 g/mol. The second-order valence-electron chi connectivity index (χ2n) is 6.09. The topological polar surface area (TPSA) is 26.0 Å². The molecule has 1 aliphatic rings. The van der Waals surface area contributed by atoms with Gasteiger partial charge in [0.2, 0.25) is 0 Å². The van der Waals surface area contributed by atoms with Gasteiger partial charge in [0.15, 0.2) is 0 Å². The summed E-state index contributed by atoms with van der Waals surface area (Å²) in [7, 11) is 0. The number of aryl methyl sites for hydroxylation is 1. The van der Waals surface area contributed by atoms with E-state index in [-0.39, 0.29) is 11.1 Å². The standard InChI is InChI=1S/C15H21F2N/c1-14(2,18)9-8-11-4-3-5-13(10-11)15(16,17)12-6-7-12/h3-5,10,12H,6-9,18H2,1-2H3. The molecule has 0 amide bonds. The smallest absolute Gasteiger partial charge is 0.276 e. The molecule has 1 aromatic rings. The van der Waals surface area contributed by atoms with Crippen molar-refractivity contribution < 1.29 is 8.78 Å². The Labute approximate surface area is 107 Å². The van der Waals surface area contributed by atoms with Gasteiger partial charge in [0, 0.05) is 17.0 Å². The van der Waals surface area contributed by atoms with Crippen molar-refractivity contribution in [2.24, 2.45) is 11.7 Å². The quantitative estimate of drug-likeness (QED) is 0.847. The predicted octanol–water partition coefficient (Wildman–Crippen LogP) is 3.86. The molecule has 0 aliphatic heterocycles. The van der Waals surface area contributed by atoms with Crippen molar-refractivity contribution in [3.63, 3.8) is 0 Å². The molecule has 0 spiro atoms. The van der Waals surface area contributed by atoms with Crippen molar-refractivity contribution in [1.82, 2.24) is 0 Å². The summed E-state index contributed by atoms with van der Waals surface area (Å²) in [4.78, 5) is 0. The molecule has 0 heterocycles. The number of benzene rings is 1. The lowest BCUT2D eigenvalue weighted by Gasteiger charge is -2.20. The van der Waals surface area contributed by atoms with Crippen molar-refractivity contribution in [2.45, 2.75) is 51.0 Å². The van der Waals surface area contributed by atoms with E-state index in [9.17, 15) is 8.78 Å². The van der Waals surface area contributed by atoms with Gasteiger partial charge in [-0.3, -0.25) is 0 Å². The average Bonchev–Trinajstić information content (AvgIpc) is 3.10. The third-order valence-corrected chi connectivity index (χ3v) is 3.46. The molecule has 1 saturated carbocycles. The maximum absolute atomic E-state index is 14.0. The highest BCUT2D eigenvalue weighted by Gasteiger charge is 2.47. The van der Waals surface area contributed by atoms with E-state index in [1.807, 2.05) is 19.9 Å². The van der Waals surface area contributed by atoms with Crippen LogP contribution in [0.25, 0.3) is 0 Å². The van der Waals surface area contributed by atoms with Crippen molar-refractivity contribution in [3.8, 4) is 0 Å². The summed E-state index contributed by atoms with van der Waals surface area (Å²) in [5.74, 6) is -3.10. The Morgan fingerprint density at radius 2 is 1.94 bits per heavy atom. The van der Waals surface area contributed by atoms with Gasteiger partial charge in [0.1, 0.15) is 0 Å². The van der Waals surface area contributed by atoms with Crippen LogP contribution in [0.15, 0.2) is 24.3 Å². The lowest BCUT2D eigenvalue weighted by molar-refractivity contribution is -0.0286. The second kappa shape index (κ2) is 4.61. The average molecular weight is 253 g/mol. The van der Waals surface area contributed by atoms with Gasteiger partial charge < -0.3 is 5.73 Å². The number of nitrogens with two attached hydrogens (primary N) is 1. The Balaban J connectivity index is 2.10. The SMILES string of the molecule is CC(C)(N)CCc1cccc(C(F)(F)C2CC2)c1. The molecule has 3 heteroatoms. The van der Waals surface area contributed by atoms with Gasteiger partial charge in [0.05, 0.1) is 0 Å². The van der Waals surface area contributed by atoms with Gasteiger partial charge in [-0.2, -0.15) is 0 Å². The van der Waals surface area contributed by atoms with E-state index in [0.29, 0.717) is 12.8 Å². The third-order valence-electron chi connectivity index (χ3n) is 3.46. The van der Waals surface area contributed by atoms with Gasteiger partial charge in [-0.05, 0) is 51.2 Å². The molecule has 1 aliphatic carbocycles. The van der Waals surface area contributed by atoms with Gasteiger partial charge >= 0.3 is 0 Å². The molecule has 0 unspecified atom stereocenters. The van der Waals surface area contributed by atoms with Crippen LogP contribution >= 0.6 is 0 Å². The van der Waals surface area contributed by atoms with Gasteiger partial charge in [-0.1, -0.05) is 18.2 Å². The molecule has 0 radical (unpaired) electrons. The van der Waals surface area contributed by atoms with Crippen LogP contribution < -0.4 is 5.73 Å². The Morgan fingerprint density at radius 1 is 1.28 bits per heavy atom. The summed E-state index contributed by atoms with van der Waals surface area (Å²) in [5, 5.41) is 0. The lowest BCUT2D eigenvalue weighted by Crippen LogP contribution is -2.32. The van der Waals surface area contributed by atoms with Gasteiger partial charge in [0.25, 0.3) is 5.92 Å². The first-order valence-corrected chi connectivity index (χ1v) is 6.55. The minimum atomic E-state index is -2.66. The van der Waals surface area contributed by atoms with E-state index < -0.39 is 11.8 Å². The fourth-order valence-electron chi connectivity index (χ4n) is 2.08.